The molecule has 88 heavy (non-hydrogen) atoms. The van der Waals surface area contributed by atoms with Gasteiger partial charge in [0.15, 0.2) is 0 Å². The number of carboxylic acid groups (broad SMARTS) is 1. The maximum atomic E-state index is 13.7. The fourth-order valence-electron chi connectivity index (χ4n) is 11.7. The molecule has 12 nitrogen and oxygen atoms in total. The van der Waals surface area contributed by atoms with Crippen LogP contribution in [0.2, 0.25) is 0 Å². The van der Waals surface area contributed by atoms with Crippen molar-refractivity contribution in [3.05, 3.63) is 71.8 Å². The number of ketones is 3. The smallest absolute Gasteiger partial charge is 0.309 e. The molecule has 0 saturated carbocycles. The highest BCUT2D eigenvalue weighted by Crippen LogP contribution is 2.37. The summed E-state index contributed by atoms with van der Waals surface area (Å²) in [5.41, 5.74) is 2.59. The number of rotatable bonds is 32. The Balaban J connectivity index is 0. The van der Waals surface area contributed by atoms with E-state index in [4.69, 9.17) is 30.9 Å². The van der Waals surface area contributed by atoms with E-state index in [1.54, 1.807) is 34.6 Å². The minimum absolute atomic E-state index is 0.0123. The van der Waals surface area contributed by atoms with Gasteiger partial charge in [-0.25, -0.2) is 0 Å². The van der Waals surface area contributed by atoms with Crippen molar-refractivity contribution in [3.63, 3.8) is 0 Å². The van der Waals surface area contributed by atoms with Crippen LogP contribution in [0, 0.1) is 80.8 Å². The summed E-state index contributed by atoms with van der Waals surface area (Å²) in [7, 11) is 0. The van der Waals surface area contributed by atoms with Gasteiger partial charge in [-0.15, -0.1) is 0 Å². The van der Waals surface area contributed by atoms with E-state index >= 15 is 0 Å². The van der Waals surface area contributed by atoms with E-state index in [0.717, 1.165) is 56.1 Å². The number of carboxylic acids is 1. The van der Waals surface area contributed by atoms with Gasteiger partial charge in [-0.2, -0.15) is 0 Å². The molecule has 0 saturated heterocycles. The number of Topliss-reactive ketones (excluding diaryl/α,β-unsaturated/α-hetero) is 3. The lowest BCUT2D eigenvalue weighted by Gasteiger charge is -2.31. The van der Waals surface area contributed by atoms with Crippen molar-refractivity contribution >= 4 is 58.1 Å². The quantitative estimate of drug-likeness (QED) is 0.0416. The number of ether oxygens (including phenoxy) is 3. The summed E-state index contributed by atoms with van der Waals surface area (Å²) in [4.78, 5) is 95.1. The third-order valence-corrected chi connectivity index (χ3v) is 15.3. The maximum absolute atomic E-state index is 13.7. The summed E-state index contributed by atoms with van der Waals surface area (Å²) in [6.07, 6.45) is 9.90. The molecule has 0 bridgehead atoms. The second-order valence-corrected chi connectivity index (χ2v) is 31.7. The summed E-state index contributed by atoms with van der Waals surface area (Å²) in [5, 5.41) is 8.37. The molecule has 1 N–H and O–H groups in total. The van der Waals surface area contributed by atoms with Crippen molar-refractivity contribution in [1.29, 1.82) is 0 Å². The Kier molecular flexibility index (Phi) is 40.4. The SMILES string of the molecule is CC(CCC(C(=O)Cl)C(C)CC(C)(C)C)CC(C)(C)C.CCOC(=O)[C@@H](CC(=O)C(CCC(C)CC(C)(C)C)C(C)CC(C)(C)C)Cc1ccccc1.CCOC(=O)[C@@H](CC(=O)[C@@H](C)CC(C)=O)Cc1ccccc1.C[C@@H](CC(=O)OC(C)(C)C)C(=O)O. The van der Waals surface area contributed by atoms with Gasteiger partial charge >= 0.3 is 23.9 Å². The maximum Gasteiger partial charge on any atom is 0.309 e. The Labute approximate surface area is 540 Å². The molecule has 0 aliphatic heterocycles. The van der Waals surface area contributed by atoms with Crippen LogP contribution in [-0.2, 0) is 65.4 Å². The summed E-state index contributed by atoms with van der Waals surface area (Å²) in [6, 6.07) is 19.5. The van der Waals surface area contributed by atoms with Gasteiger partial charge in [0.1, 0.15) is 23.0 Å². The van der Waals surface area contributed by atoms with Gasteiger partial charge < -0.3 is 24.1 Å². The summed E-state index contributed by atoms with van der Waals surface area (Å²) >= 11 is 5.85. The second-order valence-electron chi connectivity index (χ2n) is 31.4. The van der Waals surface area contributed by atoms with Crippen molar-refractivity contribution in [2.24, 2.45) is 80.8 Å². The molecule has 0 spiro atoms. The Morgan fingerprint density at radius 2 is 0.818 bits per heavy atom. The van der Waals surface area contributed by atoms with Gasteiger partial charge in [-0.05, 0) is 174 Å². The van der Waals surface area contributed by atoms with E-state index in [2.05, 4.69) is 111 Å². The lowest BCUT2D eigenvalue weighted by Crippen LogP contribution is -2.31. The first-order valence-electron chi connectivity index (χ1n) is 32.8. The normalized spacial score (nSPS) is 15.3. The molecule has 0 radical (unpaired) electrons. The number of esters is 3. The van der Waals surface area contributed by atoms with Crippen LogP contribution in [0.5, 0.6) is 0 Å². The van der Waals surface area contributed by atoms with Gasteiger partial charge in [-0.3, -0.25) is 33.6 Å². The van der Waals surface area contributed by atoms with Crippen molar-refractivity contribution < 1.29 is 57.7 Å². The van der Waals surface area contributed by atoms with Gasteiger partial charge in [-0.1, -0.05) is 185 Å². The van der Waals surface area contributed by atoms with E-state index in [1.807, 2.05) is 67.6 Å². The highest BCUT2D eigenvalue weighted by Gasteiger charge is 2.34. The van der Waals surface area contributed by atoms with Gasteiger partial charge in [0.25, 0.3) is 0 Å². The average molecular weight is 1250 g/mol. The Morgan fingerprint density at radius 1 is 0.466 bits per heavy atom. The summed E-state index contributed by atoms with van der Waals surface area (Å²) in [6.45, 7) is 50.2. The zero-order valence-electron chi connectivity index (χ0n) is 59.7. The second kappa shape index (κ2) is 41.6. The third-order valence-electron chi connectivity index (χ3n) is 15.1. The fraction of sp³-hybridized carbons (Fsp3) is 0.733. The molecule has 10 atom stereocenters. The number of carbonyl (C=O) groups excluding carboxylic acids is 7. The molecule has 2 aromatic carbocycles. The molecular formula is C75H125ClO12. The lowest BCUT2D eigenvalue weighted by molar-refractivity contribution is -0.159. The average Bonchev–Trinajstić information content (AvgIpc) is 3.36. The first-order valence-corrected chi connectivity index (χ1v) is 33.2. The number of halogens is 1. The molecule has 0 amide bonds. The zero-order valence-corrected chi connectivity index (χ0v) is 60.4. The van der Waals surface area contributed by atoms with Crippen LogP contribution in [-0.4, -0.2) is 70.4 Å². The van der Waals surface area contributed by atoms with E-state index in [9.17, 15) is 38.4 Å². The highest BCUT2D eigenvalue weighted by molar-refractivity contribution is 6.64. The van der Waals surface area contributed by atoms with Crippen LogP contribution in [0.1, 0.15) is 254 Å². The molecular weight excluding hydrogens is 1130 g/mol. The molecule has 0 fully saturated rings. The molecule has 6 unspecified atom stereocenters. The predicted octanol–water partition coefficient (Wildman–Crippen LogP) is 18.6. The predicted molar refractivity (Wildman–Crippen MR) is 361 cm³/mol. The highest BCUT2D eigenvalue weighted by atomic mass is 35.5. The number of aliphatic carboxylic acids is 1. The van der Waals surface area contributed by atoms with E-state index in [0.29, 0.717) is 60.6 Å². The molecule has 504 valence electrons. The zero-order chi connectivity index (χ0) is 68.6. The van der Waals surface area contributed by atoms with Crippen molar-refractivity contribution in [2.45, 2.75) is 262 Å². The summed E-state index contributed by atoms with van der Waals surface area (Å²) < 4.78 is 15.4. The van der Waals surface area contributed by atoms with Crippen LogP contribution in [0.4, 0.5) is 0 Å². The molecule has 0 aliphatic carbocycles. The molecule has 0 heterocycles. The molecule has 2 aromatic rings. The molecule has 0 aliphatic rings. The summed E-state index contributed by atoms with van der Waals surface area (Å²) in [5.74, 6) is -1.99. The third kappa shape index (κ3) is 44.7. The topological polar surface area (TPSA) is 184 Å². The standard InChI is InChI=1S/C30H50O3.C18H35ClO.C18H24O4.C9H16O4/c1-10-33-28(32)25(18-24-14-12-11-13-15-24)19-27(31)26(23(3)21-30(7,8)9)17-16-22(2)20-29(4,5)6;1-13(11-17(3,4)5)9-10-15(16(19)20)14(2)12-18(6,7)8;1-4-22-18(21)16(11-15-8-6-5-7-9-15)12-17(20)13(2)10-14(3)19;1-6(8(11)12)5-7(10)13-9(2,3)4/h11-15,22-23,25-26H,10,16-21H2,1-9H3;13-15H,9-12H2,1-8H3;5-9,13,16H,4,10-12H2,1-3H3;6H,5H2,1-4H3,(H,11,12)/t22?,23?,25-,26?;;13-,16+;6-/m1.00/s1. The van der Waals surface area contributed by atoms with Crippen LogP contribution in [0.15, 0.2) is 60.7 Å². The Bertz CT molecular complexity index is 2340. The van der Waals surface area contributed by atoms with Crippen molar-refractivity contribution in [2.75, 3.05) is 13.2 Å². The largest absolute Gasteiger partial charge is 0.481 e. The van der Waals surface area contributed by atoms with Gasteiger partial charge in [0, 0.05) is 37.0 Å². The number of hydrogen-bond donors (Lipinski definition) is 1. The van der Waals surface area contributed by atoms with Crippen LogP contribution >= 0.6 is 11.6 Å². The molecule has 0 aromatic heterocycles. The number of carbonyl (C=O) groups is 8. The Morgan fingerprint density at radius 3 is 1.14 bits per heavy atom. The van der Waals surface area contributed by atoms with Crippen LogP contribution < -0.4 is 0 Å². The number of hydrogen-bond acceptors (Lipinski definition) is 11. The molecule has 2 rings (SSSR count). The van der Waals surface area contributed by atoms with Gasteiger partial charge in [0.2, 0.25) is 5.24 Å². The molecule has 13 heteroatoms. The first kappa shape index (κ1) is 85.4. The van der Waals surface area contributed by atoms with E-state index in [1.165, 1.54) is 20.3 Å². The monoisotopic (exact) mass is 1250 g/mol. The van der Waals surface area contributed by atoms with E-state index in [-0.39, 0.29) is 88.8 Å². The first-order chi connectivity index (χ1) is 40.2. The number of benzene rings is 2. The lowest BCUT2D eigenvalue weighted by atomic mass is 9.73. The van der Waals surface area contributed by atoms with E-state index < -0.39 is 35.3 Å². The van der Waals surface area contributed by atoms with Crippen molar-refractivity contribution in [1.82, 2.24) is 0 Å². The van der Waals surface area contributed by atoms with Gasteiger partial charge in [0.05, 0.1) is 37.4 Å². The van der Waals surface area contributed by atoms with Crippen LogP contribution in [0.25, 0.3) is 0 Å². The Hall–Kier alpha value is -4.71. The van der Waals surface area contributed by atoms with Crippen molar-refractivity contribution in [3.8, 4) is 0 Å². The van der Waals surface area contributed by atoms with Crippen LogP contribution in [0.3, 0.4) is 0 Å². The minimum Gasteiger partial charge on any atom is -0.481 e. The fourth-order valence-corrected chi connectivity index (χ4v) is 12.0. The minimum atomic E-state index is -0.981.